The Morgan fingerprint density at radius 2 is 1.48 bits per heavy atom. The lowest BCUT2D eigenvalue weighted by molar-refractivity contribution is -0.196. The van der Waals surface area contributed by atoms with E-state index >= 15 is 0 Å². The quantitative estimate of drug-likeness (QED) is 0.350. The molecule has 0 spiro atoms. The highest BCUT2D eigenvalue weighted by molar-refractivity contribution is 7.46. The minimum Gasteiger partial charge on any atom is -0.365 e. The van der Waals surface area contributed by atoms with E-state index in [-0.39, 0.29) is 11.6 Å². The van der Waals surface area contributed by atoms with Gasteiger partial charge in [0.1, 0.15) is 11.4 Å². The van der Waals surface area contributed by atoms with Gasteiger partial charge in [-0.1, -0.05) is 0 Å². The van der Waals surface area contributed by atoms with E-state index in [9.17, 15) is 27.3 Å². The molecular weight excluding hydrogens is 394 g/mol. The molecule has 3 fully saturated rings. The highest BCUT2D eigenvalue weighted by atomic mass is 31.2. The van der Waals surface area contributed by atoms with Crippen LogP contribution in [0.4, 0.5) is 13.2 Å². The van der Waals surface area contributed by atoms with E-state index in [1.165, 1.54) is 6.08 Å². The lowest BCUT2D eigenvalue weighted by Crippen LogP contribution is -2.29. The number of phosphoric ester groups is 1. The van der Waals surface area contributed by atoms with Gasteiger partial charge in [0.05, 0.1) is 5.70 Å². The first kappa shape index (κ1) is 19.9. The Balaban J connectivity index is 0.000000183. The van der Waals surface area contributed by atoms with Crippen LogP contribution < -0.4 is 0 Å². The first-order valence-corrected chi connectivity index (χ1v) is 9.55. The van der Waals surface area contributed by atoms with Gasteiger partial charge in [0.15, 0.2) is 6.67 Å². The van der Waals surface area contributed by atoms with Gasteiger partial charge in [-0.15, -0.1) is 0 Å². The van der Waals surface area contributed by atoms with Gasteiger partial charge >= 0.3 is 13.9 Å². The average molecular weight is 411 g/mol. The van der Waals surface area contributed by atoms with Gasteiger partial charge in [0, 0.05) is 45.3 Å². The van der Waals surface area contributed by atoms with Crippen LogP contribution in [0.25, 0.3) is 0 Å². The number of rotatable bonds is 6. The van der Waals surface area contributed by atoms with Gasteiger partial charge in [-0.2, -0.15) is 8.78 Å². The number of hydrogen-bond donors (Lipinski definition) is 2. The number of hydrogen-bond acceptors (Lipinski definition) is 7. The number of allylic oxidation sites excluding steroid dienone is 1. The zero-order valence-corrected chi connectivity index (χ0v) is 14.9. The Kier molecular flexibility index (Phi) is 5.10. The topological polar surface area (TPSA) is 110 Å². The van der Waals surface area contributed by atoms with Gasteiger partial charge in [0.25, 0.3) is 0 Å². The first-order chi connectivity index (χ1) is 12.5. The third-order valence-corrected chi connectivity index (χ3v) is 4.40. The molecule has 4 rings (SSSR count). The molecule has 0 bridgehead atoms. The van der Waals surface area contributed by atoms with Crippen LogP contribution in [0.5, 0.6) is 0 Å². The second-order valence-corrected chi connectivity index (χ2v) is 7.40. The number of ketones is 2. The number of carbonyl (C=O) groups is 2. The minimum absolute atomic E-state index is 0.00546. The number of Topliss-reactive ketones (excluding diaryl/α,β-unsaturated/α-hetero) is 1. The van der Waals surface area contributed by atoms with Crippen LogP contribution in [0, 0.1) is 0 Å². The van der Waals surface area contributed by atoms with E-state index in [0.29, 0.717) is 17.1 Å². The van der Waals surface area contributed by atoms with E-state index in [4.69, 9.17) is 9.79 Å². The van der Waals surface area contributed by atoms with Crippen molar-refractivity contribution in [2.45, 2.75) is 6.11 Å². The fourth-order valence-corrected chi connectivity index (χ4v) is 2.87. The van der Waals surface area contributed by atoms with Crippen molar-refractivity contribution < 1.29 is 41.6 Å². The molecule has 0 aromatic heterocycles. The molecule has 3 aliphatic heterocycles. The number of halogens is 3. The summed E-state index contributed by atoms with van der Waals surface area (Å²) in [6.07, 6.45) is -2.88. The summed E-state index contributed by atoms with van der Waals surface area (Å²) in [4.78, 5) is 45.9. The predicted octanol–water partition coefficient (Wildman–Crippen LogP) is -0.161. The summed E-state index contributed by atoms with van der Waals surface area (Å²) in [5.74, 6) is 0.0485. The molecule has 0 saturated carbocycles. The van der Waals surface area contributed by atoms with Crippen LogP contribution in [0.2, 0.25) is 0 Å². The maximum absolute atomic E-state index is 12.4. The van der Waals surface area contributed by atoms with Gasteiger partial charge < -0.3 is 24.5 Å². The van der Waals surface area contributed by atoms with Crippen molar-refractivity contribution in [2.75, 3.05) is 45.9 Å². The van der Waals surface area contributed by atoms with Crippen molar-refractivity contribution in [3.05, 3.63) is 23.2 Å². The number of carbonyl (C=O) groups excluding carboxylic acids is 2. The van der Waals surface area contributed by atoms with E-state index in [2.05, 4.69) is 4.52 Å². The molecule has 27 heavy (non-hydrogen) atoms. The van der Waals surface area contributed by atoms with E-state index in [1.54, 1.807) is 0 Å². The van der Waals surface area contributed by atoms with Crippen LogP contribution in [-0.4, -0.2) is 88.1 Å². The van der Waals surface area contributed by atoms with Gasteiger partial charge in [-0.05, 0) is 0 Å². The van der Waals surface area contributed by atoms with E-state index < -0.39 is 20.6 Å². The summed E-state index contributed by atoms with van der Waals surface area (Å²) >= 11 is 0. The second-order valence-electron chi connectivity index (χ2n) is 6.23. The first-order valence-electron chi connectivity index (χ1n) is 8.02. The molecule has 4 aliphatic rings. The lowest BCUT2D eigenvalue weighted by Gasteiger charge is -2.21. The summed E-state index contributed by atoms with van der Waals surface area (Å²) in [6, 6.07) is 0. The Morgan fingerprint density at radius 3 is 1.85 bits per heavy atom. The number of alkyl halides is 3. The highest BCUT2D eigenvalue weighted by Gasteiger charge is 2.43. The summed E-state index contributed by atoms with van der Waals surface area (Å²) in [7, 11) is -5.29. The van der Waals surface area contributed by atoms with Crippen molar-refractivity contribution in [2.24, 2.45) is 0 Å². The van der Waals surface area contributed by atoms with Crippen molar-refractivity contribution in [1.82, 2.24) is 14.7 Å². The predicted molar refractivity (Wildman–Crippen MR) is 83.9 cm³/mol. The Labute approximate surface area is 151 Å². The summed E-state index contributed by atoms with van der Waals surface area (Å²) in [5, 5.41) is 0. The summed E-state index contributed by atoms with van der Waals surface area (Å²) in [6.45, 7) is 3.14. The molecule has 0 aromatic rings. The number of phosphoric acid groups is 1. The smallest absolute Gasteiger partial charge is 0.365 e. The zero-order chi connectivity index (χ0) is 20.0. The second kappa shape index (κ2) is 6.93. The fourth-order valence-electron chi connectivity index (χ4n) is 2.47. The molecule has 13 heteroatoms. The molecular formula is C14H17F3N3O6P. The molecule has 0 amide bonds. The van der Waals surface area contributed by atoms with Gasteiger partial charge in [0.2, 0.25) is 11.6 Å². The average Bonchev–Trinajstić information content (AvgIpc) is 3.39. The molecule has 0 aromatic carbocycles. The van der Waals surface area contributed by atoms with Gasteiger partial charge in [-0.25, -0.2) is 13.5 Å². The van der Waals surface area contributed by atoms with Crippen LogP contribution >= 0.6 is 7.82 Å². The standard InChI is InChI=1S/C12H13N3O2.C2H4F3O4P/c16-9-7-8(13-1-2-13)12(17)11(15-5-6-15)10(9)14-3-4-14;3-1-2(4,5)9-10(6,7)8/h7H,1-6H2;1H2,(H2,6,7,8). The molecule has 0 atom stereocenters. The van der Waals surface area contributed by atoms with E-state index in [0.717, 1.165) is 39.3 Å². The van der Waals surface area contributed by atoms with Crippen molar-refractivity contribution >= 4 is 19.4 Å². The van der Waals surface area contributed by atoms with Crippen LogP contribution in [0.3, 0.4) is 0 Å². The highest BCUT2D eigenvalue weighted by Crippen LogP contribution is 2.42. The SMILES string of the molecule is O=C1C=C(N2CC2)C(=O)C(N2CC2)=C1N1CC1.O=P(O)(O)OC(F)(F)CF. The Hall–Kier alpha value is -1.88. The molecule has 0 radical (unpaired) electrons. The molecule has 150 valence electrons. The Morgan fingerprint density at radius 1 is 1.00 bits per heavy atom. The Bertz CT molecular complexity index is 768. The van der Waals surface area contributed by atoms with E-state index in [1.807, 2.05) is 14.7 Å². The lowest BCUT2D eigenvalue weighted by atomic mass is 10.0. The molecule has 1 aliphatic carbocycles. The minimum atomic E-state index is -5.29. The fraction of sp³-hybridized carbons (Fsp3) is 0.571. The zero-order valence-electron chi connectivity index (χ0n) is 14.0. The molecule has 3 saturated heterocycles. The van der Waals surface area contributed by atoms with Crippen molar-refractivity contribution in [3.63, 3.8) is 0 Å². The third kappa shape index (κ3) is 5.10. The summed E-state index contributed by atoms with van der Waals surface area (Å²) in [5.41, 5.74) is 1.89. The summed E-state index contributed by atoms with van der Waals surface area (Å²) < 4.78 is 46.6. The monoisotopic (exact) mass is 411 g/mol. The van der Waals surface area contributed by atoms with Crippen LogP contribution in [0.15, 0.2) is 23.2 Å². The molecule has 9 nitrogen and oxygen atoms in total. The maximum Gasteiger partial charge on any atom is 0.474 e. The molecule has 0 unspecified atom stereocenters. The normalized spacial score (nSPS) is 21.8. The largest absolute Gasteiger partial charge is 0.474 e. The third-order valence-electron chi connectivity index (χ3n) is 3.90. The van der Waals surface area contributed by atoms with Gasteiger partial charge in [-0.3, -0.25) is 9.59 Å². The van der Waals surface area contributed by atoms with Crippen molar-refractivity contribution in [3.8, 4) is 0 Å². The molecule has 2 N–H and O–H groups in total. The number of nitrogens with zero attached hydrogens (tertiary/aromatic N) is 3. The molecule has 3 heterocycles. The van der Waals surface area contributed by atoms with Crippen LogP contribution in [0.1, 0.15) is 0 Å². The maximum atomic E-state index is 12.4. The van der Waals surface area contributed by atoms with Crippen molar-refractivity contribution in [1.29, 1.82) is 0 Å². The van der Waals surface area contributed by atoms with Crippen LogP contribution in [-0.2, 0) is 18.7 Å².